The summed E-state index contributed by atoms with van der Waals surface area (Å²) in [6.45, 7) is 0. The topological polar surface area (TPSA) is 36.7 Å². The van der Waals surface area contributed by atoms with Crippen LogP contribution in [0.1, 0.15) is 23.2 Å². The maximum atomic E-state index is 9.25. The number of hydrogen-bond donors (Lipinski definition) is 0. The summed E-state index contributed by atoms with van der Waals surface area (Å²) in [5.74, 6) is 0. The Morgan fingerprint density at radius 3 is 2.74 bits per heavy atom. The molecule has 3 rings (SSSR count). The summed E-state index contributed by atoms with van der Waals surface area (Å²) < 4.78 is 0. The van der Waals surface area contributed by atoms with Crippen LogP contribution in [0, 0.1) is 11.3 Å². The maximum absolute atomic E-state index is 9.25. The molecule has 19 heavy (non-hydrogen) atoms. The van der Waals surface area contributed by atoms with Gasteiger partial charge in [-0.25, -0.2) is 4.98 Å². The summed E-state index contributed by atoms with van der Waals surface area (Å²) in [4.78, 5) is 5.70. The van der Waals surface area contributed by atoms with Crippen LogP contribution in [0.4, 0.5) is 0 Å². The Morgan fingerprint density at radius 1 is 1.21 bits per heavy atom. The van der Waals surface area contributed by atoms with Crippen LogP contribution in [0.2, 0.25) is 5.02 Å². The molecular formula is C15H11ClN2S. The first-order valence-corrected chi connectivity index (χ1v) is 7.32. The SMILES string of the molecule is N#Cc1cc2c(nc1Sc1ccc(Cl)cc1)CCC2. The Hall–Kier alpha value is -1.50. The van der Waals surface area contributed by atoms with E-state index in [9.17, 15) is 5.26 Å². The largest absolute Gasteiger partial charge is 0.244 e. The quantitative estimate of drug-likeness (QED) is 0.828. The lowest BCUT2D eigenvalue weighted by atomic mass is 10.2. The summed E-state index contributed by atoms with van der Waals surface area (Å²) in [5, 5.41) is 10.8. The van der Waals surface area contributed by atoms with Crippen LogP contribution in [-0.4, -0.2) is 4.98 Å². The third-order valence-corrected chi connectivity index (χ3v) is 4.43. The van der Waals surface area contributed by atoms with E-state index in [0.717, 1.165) is 34.9 Å². The lowest BCUT2D eigenvalue weighted by molar-refractivity contribution is 0.891. The molecule has 0 bridgehead atoms. The molecule has 0 amide bonds. The lowest BCUT2D eigenvalue weighted by Gasteiger charge is -2.06. The van der Waals surface area contributed by atoms with Gasteiger partial charge in [-0.05, 0) is 55.2 Å². The van der Waals surface area contributed by atoms with Crippen LogP contribution in [-0.2, 0) is 12.8 Å². The van der Waals surface area contributed by atoms with E-state index in [4.69, 9.17) is 11.6 Å². The highest BCUT2D eigenvalue weighted by Crippen LogP contribution is 2.32. The second kappa shape index (κ2) is 5.24. The van der Waals surface area contributed by atoms with Gasteiger partial charge in [0.15, 0.2) is 0 Å². The van der Waals surface area contributed by atoms with Gasteiger partial charge >= 0.3 is 0 Å². The average molecular weight is 287 g/mol. The Morgan fingerprint density at radius 2 is 2.00 bits per heavy atom. The number of aryl methyl sites for hydroxylation is 2. The number of rotatable bonds is 2. The van der Waals surface area contributed by atoms with E-state index in [2.05, 4.69) is 11.1 Å². The number of fused-ring (bicyclic) bond motifs is 1. The number of hydrogen-bond acceptors (Lipinski definition) is 3. The Labute approximate surface area is 121 Å². The van der Waals surface area contributed by atoms with Crippen molar-refractivity contribution in [2.75, 3.05) is 0 Å². The van der Waals surface area contributed by atoms with E-state index in [1.165, 1.54) is 17.3 Å². The normalized spacial score (nSPS) is 13.1. The Bertz CT molecular complexity index is 659. The molecule has 1 heterocycles. The van der Waals surface area contributed by atoms with Gasteiger partial charge in [-0.2, -0.15) is 5.26 Å². The van der Waals surface area contributed by atoms with Crippen LogP contribution in [0.15, 0.2) is 40.3 Å². The van der Waals surface area contributed by atoms with Crippen molar-refractivity contribution in [3.8, 4) is 6.07 Å². The van der Waals surface area contributed by atoms with Gasteiger partial charge in [0.2, 0.25) is 0 Å². The molecule has 0 N–H and O–H groups in total. The number of pyridine rings is 1. The van der Waals surface area contributed by atoms with E-state index < -0.39 is 0 Å². The van der Waals surface area contributed by atoms with E-state index in [-0.39, 0.29) is 0 Å². The summed E-state index contributed by atoms with van der Waals surface area (Å²) in [6.07, 6.45) is 3.21. The molecule has 1 aliphatic carbocycles. The summed E-state index contributed by atoms with van der Waals surface area (Å²) in [5.41, 5.74) is 3.05. The number of nitrogens with zero attached hydrogens (tertiary/aromatic N) is 2. The van der Waals surface area contributed by atoms with Gasteiger partial charge in [0.1, 0.15) is 11.1 Å². The molecule has 0 fully saturated rings. The molecule has 0 aliphatic heterocycles. The summed E-state index contributed by atoms with van der Waals surface area (Å²) in [6, 6.07) is 11.8. The van der Waals surface area contributed by atoms with Crippen LogP contribution in [0.3, 0.4) is 0 Å². The van der Waals surface area contributed by atoms with E-state index in [1.807, 2.05) is 30.3 Å². The summed E-state index contributed by atoms with van der Waals surface area (Å²) in [7, 11) is 0. The first kappa shape index (κ1) is 12.5. The zero-order chi connectivity index (χ0) is 13.2. The zero-order valence-corrected chi connectivity index (χ0v) is 11.8. The van der Waals surface area contributed by atoms with E-state index in [1.54, 1.807) is 0 Å². The fourth-order valence-electron chi connectivity index (χ4n) is 2.23. The van der Waals surface area contributed by atoms with Gasteiger partial charge in [0.05, 0.1) is 5.56 Å². The molecule has 1 aromatic heterocycles. The van der Waals surface area contributed by atoms with E-state index >= 15 is 0 Å². The van der Waals surface area contributed by atoms with Crippen LogP contribution in [0.5, 0.6) is 0 Å². The second-order valence-corrected chi connectivity index (χ2v) is 5.97. The third kappa shape index (κ3) is 2.60. The van der Waals surface area contributed by atoms with E-state index in [0.29, 0.717) is 10.6 Å². The Kier molecular flexibility index (Phi) is 3.46. The van der Waals surface area contributed by atoms with Crippen molar-refractivity contribution in [1.82, 2.24) is 4.98 Å². The van der Waals surface area contributed by atoms with Crippen LogP contribution >= 0.6 is 23.4 Å². The molecule has 94 valence electrons. The highest BCUT2D eigenvalue weighted by molar-refractivity contribution is 7.99. The Balaban J connectivity index is 1.96. The molecule has 0 saturated heterocycles. The molecule has 2 aromatic rings. The highest BCUT2D eigenvalue weighted by atomic mass is 35.5. The first-order valence-electron chi connectivity index (χ1n) is 6.12. The lowest BCUT2D eigenvalue weighted by Crippen LogP contribution is -1.94. The van der Waals surface area contributed by atoms with Crippen molar-refractivity contribution in [1.29, 1.82) is 5.26 Å². The van der Waals surface area contributed by atoms with Crippen molar-refractivity contribution < 1.29 is 0 Å². The predicted molar refractivity (Wildman–Crippen MR) is 76.6 cm³/mol. The molecule has 1 aromatic carbocycles. The van der Waals surface area contributed by atoms with Gasteiger partial charge in [-0.1, -0.05) is 23.4 Å². The fraction of sp³-hybridized carbons (Fsp3) is 0.200. The first-order chi connectivity index (χ1) is 9.26. The predicted octanol–water partition coefficient (Wildman–Crippen LogP) is 4.25. The number of halogens is 1. The maximum Gasteiger partial charge on any atom is 0.119 e. The molecular weight excluding hydrogens is 276 g/mol. The number of nitriles is 1. The van der Waals surface area contributed by atoms with Gasteiger partial charge < -0.3 is 0 Å². The molecule has 0 unspecified atom stereocenters. The van der Waals surface area contributed by atoms with Gasteiger partial charge in [-0.3, -0.25) is 0 Å². The van der Waals surface area contributed by atoms with Crippen molar-refractivity contribution in [2.24, 2.45) is 0 Å². The molecule has 0 spiro atoms. The average Bonchev–Trinajstić information content (AvgIpc) is 2.87. The monoisotopic (exact) mass is 286 g/mol. The molecule has 0 atom stereocenters. The standard InChI is InChI=1S/C15H11ClN2S/c16-12-4-6-13(7-5-12)19-15-11(9-17)8-10-2-1-3-14(10)18-15/h4-8H,1-3H2. The number of benzene rings is 1. The van der Waals surface area contributed by atoms with Gasteiger partial charge in [0, 0.05) is 15.6 Å². The van der Waals surface area contributed by atoms with Crippen LogP contribution in [0.25, 0.3) is 0 Å². The minimum absolute atomic E-state index is 0.667. The molecule has 0 saturated carbocycles. The molecule has 0 radical (unpaired) electrons. The van der Waals surface area contributed by atoms with Gasteiger partial charge in [-0.15, -0.1) is 0 Å². The van der Waals surface area contributed by atoms with Crippen molar-refractivity contribution in [3.63, 3.8) is 0 Å². The smallest absolute Gasteiger partial charge is 0.119 e. The van der Waals surface area contributed by atoms with Crippen molar-refractivity contribution in [2.45, 2.75) is 29.2 Å². The minimum atomic E-state index is 0.667. The zero-order valence-electron chi connectivity index (χ0n) is 10.2. The molecule has 4 heteroatoms. The van der Waals surface area contributed by atoms with Gasteiger partial charge in [0.25, 0.3) is 0 Å². The second-order valence-electron chi connectivity index (χ2n) is 4.47. The fourth-order valence-corrected chi connectivity index (χ4v) is 3.22. The number of aromatic nitrogens is 1. The molecule has 2 nitrogen and oxygen atoms in total. The third-order valence-electron chi connectivity index (χ3n) is 3.16. The highest BCUT2D eigenvalue weighted by Gasteiger charge is 2.16. The minimum Gasteiger partial charge on any atom is -0.244 e. The van der Waals surface area contributed by atoms with Crippen molar-refractivity contribution >= 4 is 23.4 Å². The van der Waals surface area contributed by atoms with Crippen molar-refractivity contribution in [3.05, 3.63) is 52.2 Å². The molecule has 1 aliphatic rings. The van der Waals surface area contributed by atoms with Crippen LogP contribution < -0.4 is 0 Å². The summed E-state index contributed by atoms with van der Waals surface area (Å²) >= 11 is 7.39.